The number of aryl methyl sites for hydroxylation is 1. The first-order chi connectivity index (χ1) is 10.8. The van der Waals surface area contributed by atoms with Crippen LogP contribution in [0.25, 0.3) is 0 Å². The van der Waals surface area contributed by atoms with Crippen LogP contribution < -0.4 is 0 Å². The Labute approximate surface area is 129 Å². The van der Waals surface area contributed by atoms with E-state index in [1.807, 2.05) is 21.8 Å². The van der Waals surface area contributed by atoms with E-state index >= 15 is 0 Å². The van der Waals surface area contributed by atoms with Crippen molar-refractivity contribution >= 4 is 5.91 Å². The maximum absolute atomic E-state index is 12.8. The summed E-state index contributed by atoms with van der Waals surface area (Å²) in [5.41, 5.74) is 2.59. The number of amides is 1. The number of carbonyl (C=O) groups is 1. The third-order valence-electron chi connectivity index (χ3n) is 5.02. The Kier molecular flexibility index (Phi) is 3.41. The fourth-order valence-electron chi connectivity index (χ4n) is 3.80. The van der Waals surface area contributed by atoms with Crippen LogP contribution in [-0.2, 0) is 11.2 Å². The number of piperidine rings is 1. The molecule has 22 heavy (non-hydrogen) atoms. The van der Waals surface area contributed by atoms with Gasteiger partial charge in [0, 0.05) is 19.3 Å². The van der Waals surface area contributed by atoms with Crippen LogP contribution in [0.15, 0.2) is 36.7 Å². The smallest absolute Gasteiger partial charge is 0.230 e. The first-order valence-electron chi connectivity index (χ1n) is 8.05. The molecule has 1 aliphatic heterocycles. The summed E-state index contributed by atoms with van der Waals surface area (Å²) < 4.78 is 1.92. The fourth-order valence-corrected chi connectivity index (χ4v) is 3.80. The lowest BCUT2D eigenvalue weighted by atomic mass is 9.97. The van der Waals surface area contributed by atoms with Crippen molar-refractivity contribution in [2.24, 2.45) is 0 Å². The van der Waals surface area contributed by atoms with Gasteiger partial charge in [0.05, 0.1) is 18.2 Å². The van der Waals surface area contributed by atoms with Crippen LogP contribution in [0.1, 0.15) is 42.3 Å². The van der Waals surface area contributed by atoms with E-state index in [0.717, 1.165) is 38.8 Å². The minimum atomic E-state index is 0.0686. The number of hydrogen-bond donors (Lipinski definition) is 0. The molecule has 0 N–H and O–H groups in total. The minimum absolute atomic E-state index is 0.0686. The average Bonchev–Trinajstić information content (AvgIpc) is 3.24. The van der Waals surface area contributed by atoms with Crippen LogP contribution in [0.4, 0.5) is 0 Å². The van der Waals surface area contributed by atoms with Gasteiger partial charge in [0.1, 0.15) is 0 Å². The molecule has 1 saturated heterocycles. The summed E-state index contributed by atoms with van der Waals surface area (Å²) in [7, 11) is 0. The summed E-state index contributed by atoms with van der Waals surface area (Å²) >= 11 is 0. The molecule has 114 valence electrons. The van der Waals surface area contributed by atoms with E-state index in [1.165, 1.54) is 11.1 Å². The molecular formula is C17H20N4O. The zero-order chi connectivity index (χ0) is 14.9. The van der Waals surface area contributed by atoms with Gasteiger partial charge in [-0.3, -0.25) is 4.79 Å². The summed E-state index contributed by atoms with van der Waals surface area (Å²) in [6.07, 6.45) is 7.54. The van der Waals surface area contributed by atoms with Crippen LogP contribution >= 0.6 is 0 Å². The van der Waals surface area contributed by atoms with E-state index in [-0.39, 0.29) is 5.92 Å². The maximum atomic E-state index is 12.8. The minimum Gasteiger partial charge on any atom is -0.342 e. The second kappa shape index (κ2) is 5.55. The lowest BCUT2D eigenvalue weighted by Gasteiger charge is -2.33. The molecule has 0 saturated carbocycles. The van der Waals surface area contributed by atoms with Crippen LogP contribution in [0.5, 0.6) is 0 Å². The van der Waals surface area contributed by atoms with Gasteiger partial charge in [-0.1, -0.05) is 29.5 Å². The second-order valence-electron chi connectivity index (χ2n) is 6.23. The van der Waals surface area contributed by atoms with Crippen LogP contribution in [0.2, 0.25) is 0 Å². The van der Waals surface area contributed by atoms with Crippen molar-refractivity contribution in [1.82, 2.24) is 19.9 Å². The highest BCUT2D eigenvalue weighted by Crippen LogP contribution is 2.35. The number of hydrogen-bond acceptors (Lipinski definition) is 3. The van der Waals surface area contributed by atoms with Crippen molar-refractivity contribution in [1.29, 1.82) is 0 Å². The third-order valence-corrected chi connectivity index (χ3v) is 5.02. The number of nitrogens with zero attached hydrogens (tertiary/aromatic N) is 4. The van der Waals surface area contributed by atoms with E-state index < -0.39 is 0 Å². The molecule has 0 bridgehead atoms. The van der Waals surface area contributed by atoms with Gasteiger partial charge in [-0.25, -0.2) is 4.68 Å². The van der Waals surface area contributed by atoms with Gasteiger partial charge in [0.25, 0.3) is 0 Å². The Hall–Kier alpha value is -2.17. The van der Waals surface area contributed by atoms with Crippen molar-refractivity contribution in [3.63, 3.8) is 0 Å². The average molecular weight is 296 g/mol. The van der Waals surface area contributed by atoms with Crippen LogP contribution in [-0.4, -0.2) is 38.9 Å². The van der Waals surface area contributed by atoms with Crippen molar-refractivity contribution in [3.05, 3.63) is 47.8 Å². The molecule has 4 rings (SSSR count). The zero-order valence-electron chi connectivity index (χ0n) is 12.6. The number of rotatable bonds is 2. The molecule has 5 heteroatoms. The molecule has 0 spiro atoms. The summed E-state index contributed by atoms with van der Waals surface area (Å²) in [6.45, 7) is 1.64. The Balaban J connectivity index is 1.43. The largest absolute Gasteiger partial charge is 0.342 e. The standard InChI is InChI=1S/C17H20N4O/c22-17(16-6-5-13-3-1-2-4-15(13)16)20-10-7-14(8-11-20)21-12-9-18-19-21/h1-4,9,12,14,16H,5-8,10-11H2. The lowest BCUT2D eigenvalue weighted by Crippen LogP contribution is -2.41. The number of benzene rings is 1. The lowest BCUT2D eigenvalue weighted by molar-refractivity contribution is -0.134. The quantitative estimate of drug-likeness (QED) is 0.853. The third kappa shape index (κ3) is 2.30. The molecule has 1 amide bonds. The van der Waals surface area contributed by atoms with Crippen molar-refractivity contribution in [2.45, 2.75) is 37.6 Å². The highest BCUT2D eigenvalue weighted by molar-refractivity contribution is 5.85. The molecule has 1 aliphatic carbocycles. The monoisotopic (exact) mass is 296 g/mol. The first kappa shape index (κ1) is 13.5. The Bertz CT molecular complexity index is 659. The normalized spacial score (nSPS) is 21.8. The predicted octanol–water partition coefficient (Wildman–Crippen LogP) is 2.17. The van der Waals surface area contributed by atoms with Crippen molar-refractivity contribution in [3.8, 4) is 0 Å². The molecule has 2 aliphatic rings. The summed E-state index contributed by atoms with van der Waals surface area (Å²) in [5, 5.41) is 7.95. The first-order valence-corrected chi connectivity index (χ1v) is 8.05. The molecule has 0 radical (unpaired) electrons. The van der Waals surface area contributed by atoms with Gasteiger partial charge in [-0.05, 0) is 36.8 Å². The topological polar surface area (TPSA) is 51.0 Å². The van der Waals surface area contributed by atoms with Gasteiger partial charge in [0.2, 0.25) is 5.91 Å². The highest BCUT2D eigenvalue weighted by atomic mass is 16.2. The Morgan fingerprint density at radius 3 is 2.73 bits per heavy atom. The SMILES string of the molecule is O=C(C1CCc2ccccc21)N1CCC(n2ccnn2)CC1. The molecular weight excluding hydrogens is 276 g/mol. The van der Waals surface area contributed by atoms with E-state index in [9.17, 15) is 4.79 Å². The number of aromatic nitrogens is 3. The van der Waals surface area contributed by atoms with Crippen LogP contribution in [0, 0.1) is 0 Å². The number of likely N-dealkylation sites (tertiary alicyclic amines) is 1. The zero-order valence-corrected chi connectivity index (χ0v) is 12.6. The molecule has 1 aromatic carbocycles. The van der Waals surface area contributed by atoms with Gasteiger partial charge in [-0.2, -0.15) is 0 Å². The van der Waals surface area contributed by atoms with E-state index in [1.54, 1.807) is 6.20 Å². The van der Waals surface area contributed by atoms with Crippen LogP contribution in [0.3, 0.4) is 0 Å². The second-order valence-corrected chi connectivity index (χ2v) is 6.23. The van der Waals surface area contributed by atoms with E-state index in [2.05, 4.69) is 28.5 Å². The summed E-state index contributed by atoms with van der Waals surface area (Å²) in [6, 6.07) is 8.76. The van der Waals surface area contributed by atoms with Gasteiger partial charge in [-0.15, -0.1) is 5.10 Å². The fraction of sp³-hybridized carbons (Fsp3) is 0.471. The van der Waals surface area contributed by atoms with Crippen molar-refractivity contribution < 1.29 is 4.79 Å². The molecule has 1 aromatic heterocycles. The summed E-state index contributed by atoms with van der Waals surface area (Å²) in [4.78, 5) is 14.9. The number of fused-ring (bicyclic) bond motifs is 1. The van der Waals surface area contributed by atoms with E-state index in [4.69, 9.17) is 0 Å². The van der Waals surface area contributed by atoms with Gasteiger partial charge in [0.15, 0.2) is 0 Å². The molecule has 1 fully saturated rings. The van der Waals surface area contributed by atoms with E-state index in [0.29, 0.717) is 11.9 Å². The maximum Gasteiger partial charge on any atom is 0.230 e. The molecule has 2 heterocycles. The Morgan fingerprint density at radius 2 is 1.95 bits per heavy atom. The molecule has 1 unspecified atom stereocenters. The highest BCUT2D eigenvalue weighted by Gasteiger charge is 2.33. The summed E-state index contributed by atoms with van der Waals surface area (Å²) in [5.74, 6) is 0.376. The molecule has 2 aromatic rings. The Morgan fingerprint density at radius 1 is 1.14 bits per heavy atom. The predicted molar refractivity (Wildman–Crippen MR) is 82.4 cm³/mol. The van der Waals surface area contributed by atoms with Gasteiger partial charge >= 0.3 is 0 Å². The molecule has 5 nitrogen and oxygen atoms in total. The van der Waals surface area contributed by atoms with Crippen molar-refractivity contribution in [2.75, 3.05) is 13.1 Å². The molecule has 1 atom stereocenters. The number of carbonyl (C=O) groups excluding carboxylic acids is 1. The van der Waals surface area contributed by atoms with Gasteiger partial charge < -0.3 is 4.90 Å².